The topological polar surface area (TPSA) is 57.3 Å². The maximum atomic E-state index is 10.9. The Morgan fingerprint density at radius 1 is 1.50 bits per heavy atom. The summed E-state index contributed by atoms with van der Waals surface area (Å²) in [6, 6.07) is 0. The lowest BCUT2D eigenvalue weighted by molar-refractivity contribution is -0.299. The molecule has 5 heteroatoms. The highest BCUT2D eigenvalue weighted by Crippen LogP contribution is 2.08. The minimum absolute atomic E-state index is 0.164. The molecule has 0 aromatic heterocycles. The molecule has 0 aliphatic carbocycles. The van der Waals surface area contributed by atoms with Crippen LogP contribution in [0.1, 0.15) is 6.92 Å². The number of hydrogen-bond donors (Lipinski definition) is 0. The summed E-state index contributed by atoms with van der Waals surface area (Å²) in [5.74, 6) is -0.417. The first-order valence-corrected chi connectivity index (χ1v) is 4.39. The highest BCUT2D eigenvalue weighted by Gasteiger charge is 2.22. The fraction of sp³-hybridized carbons (Fsp3) is 0.667. The Kier molecular flexibility index (Phi) is 4.58. The quantitative estimate of drug-likeness (QED) is 0.150. The molecule has 1 aliphatic rings. The van der Waals surface area contributed by atoms with E-state index >= 15 is 0 Å². The third-order valence-electron chi connectivity index (χ3n) is 1.49. The average Bonchev–Trinajstić information content (AvgIpc) is 2.94. The van der Waals surface area contributed by atoms with E-state index in [-0.39, 0.29) is 19.3 Å². The van der Waals surface area contributed by atoms with E-state index in [2.05, 4.69) is 6.58 Å². The molecule has 5 nitrogen and oxygen atoms in total. The van der Waals surface area contributed by atoms with E-state index in [0.29, 0.717) is 12.2 Å². The molecular weight excluding hydrogens is 188 g/mol. The maximum Gasteiger partial charge on any atom is 0.333 e. The molecular formula is C9H14O5. The number of rotatable bonds is 7. The zero-order valence-electron chi connectivity index (χ0n) is 8.15. The Hall–Kier alpha value is -0.910. The van der Waals surface area contributed by atoms with Gasteiger partial charge in [0.1, 0.15) is 25.9 Å². The second-order valence-electron chi connectivity index (χ2n) is 2.98. The fourth-order valence-electron chi connectivity index (χ4n) is 0.639. The smallest absolute Gasteiger partial charge is 0.333 e. The van der Waals surface area contributed by atoms with Crippen LogP contribution in [-0.2, 0) is 24.0 Å². The molecule has 1 saturated heterocycles. The molecule has 0 aromatic rings. The molecule has 1 fully saturated rings. The average molecular weight is 202 g/mol. The molecule has 1 aliphatic heterocycles. The van der Waals surface area contributed by atoms with E-state index in [4.69, 9.17) is 19.2 Å². The summed E-state index contributed by atoms with van der Waals surface area (Å²) in [6.45, 7) is 6.56. The highest BCUT2D eigenvalue weighted by molar-refractivity contribution is 5.86. The lowest BCUT2D eigenvalue weighted by Crippen LogP contribution is -2.12. The molecule has 14 heavy (non-hydrogen) atoms. The van der Waals surface area contributed by atoms with Crippen LogP contribution in [0, 0.1) is 0 Å². The summed E-state index contributed by atoms with van der Waals surface area (Å²) >= 11 is 0. The molecule has 0 aromatic carbocycles. The maximum absolute atomic E-state index is 10.9. The van der Waals surface area contributed by atoms with E-state index in [1.54, 1.807) is 6.92 Å². The molecule has 1 rings (SSSR count). The molecule has 1 heterocycles. The Morgan fingerprint density at radius 3 is 2.79 bits per heavy atom. The number of hydrogen-bond acceptors (Lipinski definition) is 5. The Balaban J connectivity index is 1.83. The lowest BCUT2D eigenvalue weighted by atomic mass is 10.4. The van der Waals surface area contributed by atoms with Gasteiger partial charge in [-0.1, -0.05) is 6.58 Å². The molecule has 0 N–H and O–H groups in total. The van der Waals surface area contributed by atoms with Crippen molar-refractivity contribution in [3.8, 4) is 0 Å². The normalized spacial score (nSPS) is 19.1. The minimum Gasteiger partial charge on any atom is -0.460 e. The van der Waals surface area contributed by atoms with Crippen LogP contribution < -0.4 is 0 Å². The predicted molar refractivity (Wildman–Crippen MR) is 47.4 cm³/mol. The van der Waals surface area contributed by atoms with Crippen LogP contribution in [-0.4, -0.2) is 38.5 Å². The molecule has 0 bridgehead atoms. The lowest BCUT2D eigenvalue weighted by Gasteiger charge is -2.04. The molecule has 0 saturated carbocycles. The number of epoxide rings is 1. The van der Waals surface area contributed by atoms with Crippen LogP contribution in [0.4, 0.5) is 0 Å². The molecule has 0 amide bonds. The van der Waals surface area contributed by atoms with Crippen molar-refractivity contribution < 1.29 is 24.0 Å². The van der Waals surface area contributed by atoms with Crippen molar-refractivity contribution >= 4 is 5.97 Å². The molecule has 1 atom stereocenters. The van der Waals surface area contributed by atoms with Gasteiger partial charge in [0, 0.05) is 5.57 Å². The van der Waals surface area contributed by atoms with Crippen molar-refractivity contribution in [1.29, 1.82) is 0 Å². The van der Waals surface area contributed by atoms with Crippen LogP contribution in [0.2, 0.25) is 0 Å². The Morgan fingerprint density at radius 2 is 2.21 bits per heavy atom. The number of carbonyl (C=O) groups excluding carboxylic acids is 1. The van der Waals surface area contributed by atoms with Gasteiger partial charge in [0.25, 0.3) is 0 Å². The summed E-state index contributed by atoms with van der Waals surface area (Å²) < 4.78 is 9.63. The van der Waals surface area contributed by atoms with Gasteiger partial charge in [-0.3, -0.25) is 0 Å². The summed E-state index contributed by atoms with van der Waals surface area (Å²) in [5.41, 5.74) is 0.372. The van der Waals surface area contributed by atoms with Crippen LogP contribution in [0.3, 0.4) is 0 Å². The van der Waals surface area contributed by atoms with Gasteiger partial charge >= 0.3 is 5.97 Å². The minimum atomic E-state index is -0.417. The first-order chi connectivity index (χ1) is 6.70. The zero-order chi connectivity index (χ0) is 10.4. The van der Waals surface area contributed by atoms with Gasteiger partial charge in [-0.25, -0.2) is 14.6 Å². The van der Waals surface area contributed by atoms with Gasteiger partial charge in [0.15, 0.2) is 0 Å². The van der Waals surface area contributed by atoms with Crippen molar-refractivity contribution in [3.63, 3.8) is 0 Å². The van der Waals surface area contributed by atoms with Gasteiger partial charge in [-0.05, 0) is 6.92 Å². The first-order valence-electron chi connectivity index (χ1n) is 4.39. The third kappa shape index (κ3) is 4.96. The Bertz CT molecular complexity index is 209. The monoisotopic (exact) mass is 202 g/mol. The van der Waals surface area contributed by atoms with E-state index in [1.165, 1.54) is 0 Å². The van der Waals surface area contributed by atoms with Crippen molar-refractivity contribution in [2.24, 2.45) is 0 Å². The van der Waals surface area contributed by atoms with E-state index in [9.17, 15) is 4.79 Å². The van der Waals surface area contributed by atoms with Crippen LogP contribution in [0.15, 0.2) is 12.2 Å². The summed E-state index contributed by atoms with van der Waals surface area (Å²) in [7, 11) is 0. The summed E-state index contributed by atoms with van der Waals surface area (Å²) in [4.78, 5) is 20.3. The van der Waals surface area contributed by atoms with Gasteiger partial charge in [0.05, 0.1) is 6.61 Å². The summed E-state index contributed by atoms with van der Waals surface area (Å²) in [6.07, 6.45) is 0.174. The SMILES string of the molecule is C=C(C)C(=O)OCCOOCC1CO1. The third-order valence-corrected chi connectivity index (χ3v) is 1.49. The Labute approximate surface area is 82.5 Å². The van der Waals surface area contributed by atoms with Crippen molar-refractivity contribution in [2.75, 3.05) is 26.4 Å². The van der Waals surface area contributed by atoms with Gasteiger partial charge < -0.3 is 9.47 Å². The van der Waals surface area contributed by atoms with Crippen molar-refractivity contribution in [1.82, 2.24) is 0 Å². The van der Waals surface area contributed by atoms with Gasteiger partial charge in [-0.15, -0.1) is 0 Å². The molecule has 80 valence electrons. The van der Waals surface area contributed by atoms with Crippen molar-refractivity contribution in [2.45, 2.75) is 13.0 Å². The number of esters is 1. The standard InChI is InChI=1S/C9H14O5/c1-7(2)9(10)11-3-4-13-14-6-8-5-12-8/h8H,1,3-6H2,2H3. The zero-order valence-corrected chi connectivity index (χ0v) is 8.15. The highest BCUT2D eigenvalue weighted by atomic mass is 17.2. The second-order valence-corrected chi connectivity index (χ2v) is 2.98. The van der Waals surface area contributed by atoms with Gasteiger partial charge in [-0.2, -0.15) is 0 Å². The first kappa shape index (κ1) is 11.2. The van der Waals surface area contributed by atoms with Crippen molar-refractivity contribution in [3.05, 3.63) is 12.2 Å². The predicted octanol–water partition coefficient (Wildman–Crippen LogP) is 0.453. The number of ether oxygens (including phenoxy) is 2. The van der Waals surface area contributed by atoms with E-state index in [0.717, 1.165) is 6.61 Å². The van der Waals surface area contributed by atoms with Crippen LogP contribution in [0.5, 0.6) is 0 Å². The van der Waals surface area contributed by atoms with Crippen LogP contribution >= 0.6 is 0 Å². The second kappa shape index (κ2) is 5.74. The van der Waals surface area contributed by atoms with Gasteiger partial charge in [0.2, 0.25) is 0 Å². The molecule has 0 spiro atoms. The van der Waals surface area contributed by atoms with E-state index < -0.39 is 5.97 Å². The van der Waals surface area contributed by atoms with E-state index in [1.807, 2.05) is 0 Å². The fourth-order valence-corrected chi connectivity index (χ4v) is 0.639. The largest absolute Gasteiger partial charge is 0.460 e. The molecule has 1 unspecified atom stereocenters. The van der Waals surface area contributed by atoms with Crippen LogP contribution in [0.25, 0.3) is 0 Å². The number of carbonyl (C=O) groups is 1. The summed E-state index contributed by atoms with van der Waals surface area (Å²) in [5, 5.41) is 0. The molecule has 0 radical (unpaired) electrons.